The van der Waals surface area contributed by atoms with Crippen molar-refractivity contribution in [2.75, 3.05) is 18.0 Å². The summed E-state index contributed by atoms with van der Waals surface area (Å²) in [6.45, 7) is 18.5. The number of nitrogens with one attached hydrogen (secondary N) is 1. The van der Waals surface area contributed by atoms with Crippen LogP contribution in [0.15, 0.2) is 12.3 Å². The van der Waals surface area contributed by atoms with Gasteiger partial charge in [-0.25, -0.2) is 0 Å². The normalized spacial score (nSPS) is 13.3. The average molecular weight is 291 g/mol. The molecule has 0 aromatic carbocycles. The second-order valence-electron chi connectivity index (χ2n) is 7.11. The van der Waals surface area contributed by atoms with E-state index in [2.05, 4.69) is 69.7 Å². The van der Waals surface area contributed by atoms with Crippen LogP contribution in [0.3, 0.4) is 0 Å². The maximum Gasteiger partial charge on any atom is 0.0445 e. The summed E-state index contributed by atoms with van der Waals surface area (Å²) in [6, 6.07) is 2.23. The maximum absolute atomic E-state index is 4.49. The minimum atomic E-state index is 0.121. The van der Waals surface area contributed by atoms with Gasteiger partial charge in [-0.1, -0.05) is 20.3 Å². The van der Waals surface area contributed by atoms with Gasteiger partial charge >= 0.3 is 0 Å². The van der Waals surface area contributed by atoms with Gasteiger partial charge in [0.1, 0.15) is 0 Å². The molecule has 0 bridgehead atoms. The second kappa shape index (κ2) is 7.79. The highest BCUT2D eigenvalue weighted by atomic mass is 15.1. The summed E-state index contributed by atoms with van der Waals surface area (Å²) in [6.07, 6.45) is 3.25. The Morgan fingerprint density at radius 1 is 1.29 bits per heavy atom. The van der Waals surface area contributed by atoms with Crippen LogP contribution in [0.5, 0.6) is 0 Å². The summed E-state index contributed by atoms with van der Waals surface area (Å²) < 4.78 is 0. The van der Waals surface area contributed by atoms with Crippen LogP contribution in [-0.4, -0.2) is 23.6 Å². The van der Waals surface area contributed by atoms with Crippen LogP contribution in [0.4, 0.5) is 5.69 Å². The van der Waals surface area contributed by atoms with E-state index in [4.69, 9.17) is 0 Å². The first-order valence-electron chi connectivity index (χ1n) is 8.22. The number of aryl methyl sites for hydroxylation is 1. The van der Waals surface area contributed by atoms with Crippen molar-refractivity contribution < 1.29 is 0 Å². The highest BCUT2D eigenvalue weighted by Crippen LogP contribution is 2.23. The highest BCUT2D eigenvalue weighted by molar-refractivity contribution is 5.53. The molecule has 1 unspecified atom stereocenters. The molecule has 0 aliphatic heterocycles. The third-order valence-corrected chi connectivity index (χ3v) is 3.86. The summed E-state index contributed by atoms with van der Waals surface area (Å²) in [5, 5.41) is 3.58. The number of rotatable bonds is 7. The molecular formula is C18H33N3. The van der Waals surface area contributed by atoms with Crippen molar-refractivity contribution in [2.45, 2.75) is 67.0 Å². The lowest BCUT2D eigenvalue weighted by molar-refractivity contribution is 0.423. The van der Waals surface area contributed by atoms with Crippen molar-refractivity contribution in [3.05, 3.63) is 23.5 Å². The highest BCUT2D eigenvalue weighted by Gasteiger charge is 2.15. The fourth-order valence-electron chi connectivity index (χ4n) is 2.27. The van der Waals surface area contributed by atoms with Gasteiger partial charge in [0.15, 0.2) is 0 Å². The topological polar surface area (TPSA) is 28.2 Å². The van der Waals surface area contributed by atoms with Gasteiger partial charge in [-0.15, -0.1) is 0 Å². The van der Waals surface area contributed by atoms with Crippen molar-refractivity contribution in [3.8, 4) is 0 Å². The summed E-state index contributed by atoms with van der Waals surface area (Å²) in [5.74, 6) is 0.710. The summed E-state index contributed by atoms with van der Waals surface area (Å²) in [7, 11) is 0. The number of anilines is 1. The third kappa shape index (κ3) is 6.04. The van der Waals surface area contributed by atoms with E-state index in [0.717, 1.165) is 25.3 Å². The molecule has 0 aliphatic rings. The van der Waals surface area contributed by atoms with E-state index in [1.165, 1.54) is 17.7 Å². The molecule has 0 fully saturated rings. The number of nitrogens with zero attached hydrogens (tertiary/aromatic N) is 2. The van der Waals surface area contributed by atoms with Crippen LogP contribution in [0, 0.1) is 12.8 Å². The molecule has 0 aliphatic carbocycles. The zero-order valence-corrected chi connectivity index (χ0v) is 15.0. The molecule has 0 amide bonds. The minimum Gasteiger partial charge on any atom is -0.371 e. The lowest BCUT2D eigenvalue weighted by atomic mass is 10.1. The zero-order valence-electron chi connectivity index (χ0n) is 15.0. The summed E-state index contributed by atoms with van der Waals surface area (Å²) in [4.78, 5) is 6.98. The molecule has 0 radical (unpaired) electrons. The van der Waals surface area contributed by atoms with Crippen molar-refractivity contribution in [1.29, 1.82) is 0 Å². The van der Waals surface area contributed by atoms with E-state index in [0.29, 0.717) is 5.92 Å². The van der Waals surface area contributed by atoms with Gasteiger partial charge in [-0.3, -0.25) is 4.98 Å². The Labute approximate surface area is 131 Å². The zero-order chi connectivity index (χ0) is 16.0. The van der Waals surface area contributed by atoms with Crippen molar-refractivity contribution >= 4 is 5.69 Å². The molecule has 1 rings (SSSR count). The van der Waals surface area contributed by atoms with E-state index in [-0.39, 0.29) is 5.54 Å². The second-order valence-corrected chi connectivity index (χ2v) is 7.11. The van der Waals surface area contributed by atoms with Crippen LogP contribution in [0.1, 0.15) is 59.2 Å². The lowest BCUT2D eigenvalue weighted by Gasteiger charge is -2.29. The van der Waals surface area contributed by atoms with Crippen LogP contribution in [0.25, 0.3) is 0 Å². The molecule has 1 aromatic heterocycles. The fraction of sp³-hybridized carbons (Fsp3) is 0.722. The van der Waals surface area contributed by atoms with Gasteiger partial charge in [0.05, 0.1) is 0 Å². The molecule has 1 heterocycles. The van der Waals surface area contributed by atoms with E-state index < -0.39 is 0 Å². The van der Waals surface area contributed by atoms with Crippen molar-refractivity contribution in [1.82, 2.24) is 10.3 Å². The first-order valence-corrected chi connectivity index (χ1v) is 8.22. The Morgan fingerprint density at radius 3 is 2.48 bits per heavy atom. The Balaban J connectivity index is 2.98. The van der Waals surface area contributed by atoms with Crippen LogP contribution in [0.2, 0.25) is 0 Å². The minimum absolute atomic E-state index is 0.121. The molecule has 21 heavy (non-hydrogen) atoms. The van der Waals surface area contributed by atoms with E-state index in [1.807, 2.05) is 6.20 Å². The first kappa shape index (κ1) is 18.0. The molecule has 0 saturated heterocycles. The maximum atomic E-state index is 4.49. The SMILES string of the molecule is CCC(C)CN(CC)c1cc(C)ncc1CNC(C)(C)C. The van der Waals surface area contributed by atoms with Crippen molar-refractivity contribution in [3.63, 3.8) is 0 Å². The van der Waals surface area contributed by atoms with E-state index in [9.17, 15) is 0 Å². The standard InChI is InChI=1S/C18H33N3/c1-8-14(3)13-21(9-2)17-10-15(4)19-11-16(17)12-20-18(5,6)7/h10-11,14,20H,8-9,12-13H2,1-7H3. The number of hydrogen-bond acceptors (Lipinski definition) is 3. The lowest BCUT2D eigenvalue weighted by Crippen LogP contribution is -2.36. The monoisotopic (exact) mass is 291 g/mol. The molecular weight excluding hydrogens is 258 g/mol. The van der Waals surface area contributed by atoms with Gasteiger partial charge in [-0.2, -0.15) is 0 Å². The molecule has 0 spiro atoms. The van der Waals surface area contributed by atoms with Crippen LogP contribution < -0.4 is 10.2 Å². The molecule has 120 valence electrons. The number of hydrogen-bond donors (Lipinski definition) is 1. The van der Waals surface area contributed by atoms with Crippen LogP contribution in [-0.2, 0) is 6.54 Å². The van der Waals surface area contributed by atoms with E-state index in [1.54, 1.807) is 0 Å². The molecule has 3 heteroatoms. The van der Waals surface area contributed by atoms with Gasteiger partial charge < -0.3 is 10.2 Å². The summed E-state index contributed by atoms with van der Waals surface area (Å²) >= 11 is 0. The van der Waals surface area contributed by atoms with Gasteiger partial charge in [0.25, 0.3) is 0 Å². The van der Waals surface area contributed by atoms with Crippen molar-refractivity contribution in [2.24, 2.45) is 5.92 Å². The number of aromatic nitrogens is 1. The molecule has 1 aromatic rings. The third-order valence-electron chi connectivity index (χ3n) is 3.86. The van der Waals surface area contributed by atoms with Gasteiger partial charge in [-0.05, 0) is 46.6 Å². The molecule has 0 saturated carbocycles. The van der Waals surface area contributed by atoms with Gasteiger partial charge in [0, 0.05) is 48.3 Å². The Bertz CT molecular complexity index is 435. The van der Waals surface area contributed by atoms with E-state index >= 15 is 0 Å². The van der Waals surface area contributed by atoms with Crippen LogP contribution >= 0.6 is 0 Å². The fourth-order valence-corrected chi connectivity index (χ4v) is 2.27. The Morgan fingerprint density at radius 2 is 1.95 bits per heavy atom. The quantitative estimate of drug-likeness (QED) is 0.818. The van der Waals surface area contributed by atoms with Gasteiger partial charge in [0.2, 0.25) is 0 Å². The average Bonchev–Trinajstić information content (AvgIpc) is 2.42. The molecule has 1 N–H and O–H groups in total. The number of pyridine rings is 1. The predicted octanol–water partition coefficient (Wildman–Crippen LogP) is 4.15. The Kier molecular flexibility index (Phi) is 6.66. The molecule has 3 nitrogen and oxygen atoms in total. The first-order chi connectivity index (χ1) is 9.76. The predicted molar refractivity (Wildman–Crippen MR) is 92.9 cm³/mol. The summed E-state index contributed by atoms with van der Waals surface area (Å²) in [5.41, 5.74) is 3.84. The Hall–Kier alpha value is -1.09. The smallest absolute Gasteiger partial charge is 0.0445 e. The molecule has 1 atom stereocenters. The largest absolute Gasteiger partial charge is 0.371 e.